The number of morpholine rings is 1. The number of nitrogens with zero attached hydrogens (tertiary/aromatic N) is 3. The Hall–Kier alpha value is -2.77. The van der Waals surface area contributed by atoms with Crippen molar-refractivity contribution in [3.8, 4) is 0 Å². The third-order valence-electron chi connectivity index (χ3n) is 5.72. The molecule has 0 spiro atoms. The molecule has 1 atom stereocenters. The van der Waals surface area contributed by atoms with Crippen LogP contribution < -0.4 is 5.32 Å². The molecule has 6 nitrogen and oxygen atoms in total. The first-order valence-corrected chi connectivity index (χ1v) is 10.8. The third-order valence-corrected chi connectivity index (χ3v) is 5.72. The maximum atomic E-state index is 13.3. The molecular formula is C24H29FN4O2. The lowest BCUT2D eigenvalue weighted by Gasteiger charge is -2.26. The lowest BCUT2D eigenvalue weighted by atomic mass is 9.96. The van der Waals surface area contributed by atoms with E-state index in [1.807, 2.05) is 42.7 Å². The van der Waals surface area contributed by atoms with Crippen molar-refractivity contribution in [1.29, 1.82) is 0 Å². The number of hydrogen-bond donors (Lipinski definition) is 1. The monoisotopic (exact) mass is 424 g/mol. The first-order valence-electron chi connectivity index (χ1n) is 10.8. The number of para-hydroxylation sites is 2. The first-order chi connectivity index (χ1) is 15.0. The van der Waals surface area contributed by atoms with E-state index >= 15 is 0 Å². The van der Waals surface area contributed by atoms with Gasteiger partial charge < -0.3 is 14.6 Å². The highest BCUT2D eigenvalue weighted by Gasteiger charge is 2.21. The van der Waals surface area contributed by atoms with Gasteiger partial charge in [0.15, 0.2) is 0 Å². The molecule has 1 saturated heterocycles. The van der Waals surface area contributed by atoms with Crippen molar-refractivity contribution in [2.24, 2.45) is 5.92 Å². The average Bonchev–Trinajstić information content (AvgIpc) is 3.10. The molecule has 7 heteroatoms. The fraction of sp³-hybridized carbons (Fsp3) is 0.417. The van der Waals surface area contributed by atoms with E-state index in [-0.39, 0.29) is 30.2 Å². The quantitative estimate of drug-likeness (QED) is 0.631. The highest BCUT2D eigenvalue weighted by Crippen LogP contribution is 2.23. The molecule has 0 saturated carbocycles. The Kier molecular flexibility index (Phi) is 6.63. The zero-order valence-corrected chi connectivity index (χ0v) is 18.1. The molecular weight excluding hydrogens is 395 g/mol. The van der Waals surface area contributed by atoms with E-state index < -0.39 is 0 Å². The molecule has 1 fully saturated rings. The van der Waals surface area contributed by atoms with Crippen LogP contribution in [0.25, 0.3) is 11.0 Å². The van der Waals surface area contributed by atoms with E-state index in [1.54, 1.807) is 12.1 Å². The van der Waals surface area contributed by atoms with Gasteiger partial charge in [-0.1, -0.05) is 38.1 Å². The number of hydrogen-bond acceptors (Lipinski definition) is 4. The first kappa shape index (κ1) is 21.5. The van der Waals surface area contributed by atoms with Crippen LogP contribution in [0, 0.1) is 11.7 Å². The van der Waals surface area contributed by atoms with E-state index in [1.165, 1.54) is 12.1 Å². The van der Waals surface area contributed by atoms with Crippen LogP contribution in [0.1, 0.15) is 31.3 Å². The molecule has 164 valence electrons. The molecule has 0 bridgehead atoms. The van der Waals surface area contributed by atoms with Gasteiger partial charge in [0.05, 0.1) is 36.8 Å². The summed E-state index contributed by atoms with van der Waals surface area (Å²) >= 11 is 0. The van der Waals surface area contributed by atoms with Gasteiger partial charge >= 0.3 is 0 Å². The highest BCUT2D eigenvalue weighted by atomic mass is 19.1. The Balaban J connectivity index is 1.55. The Morgan fingerprint density at radius 2 is 1.84 bits per heavy atom. The van der Waals surface area contributed by atoms with Crippen molar-refractivity contribution in [2.75, 3.05) is 26.3 Å². The third kappa shape index (κ3) is 5.11. The van der Waals surface area contributed by atoms with Crippen molar-refractivity contribution in [3.05, 3.63) is 65.7 Å². The number of carbonyl (C=O) groups excluding carboxylic acids is 1. The van der Waals surface area contributed by atoms with Crippen molar-refractivity contribution >= 4 is 16.9 Å². The van der Waals surface area contributed by atoms with Gasteiger partial charge in [-0.25, -0.2) is 9.37 Å². The number of halogens is 1. The van der Waals surface area contributed by atoms with Crippen LogP contribution in [0.15, 0.2) is 48.5 Å². The van der Waals surface area contributed by atoms with Crippen LogP contribution in [-0.2, 0) is 22.6 Å². The molecule has 0 radical (unpaired) electrons. The SMILES string of the molecule is CC(C)[C@@H](NC(=O)Cn1c(CN2CCOCC2)nc2ccccc21)c1ccc(F)cc1. The fourth-order valence-electron chi connectivity index (χ4n) is 4.05. The maximum absolute atomic E-state index is 13.3. The van der Waals surface area contributed by atoms with Gasteiger partial charge in [0.25, 0.3) is 0 Å². The van der Waals surface area contributed by atoms with Crippen LogP contribution >= 0.6 is 0 Å². The van der Waals surface area contributed by atoms with E-state index in [2.05, 4.69) is 10.2 Å². The average molecular weight is 425 g/mol. The van der Waals surface area contributed by atoms with Crippen LogP contribution in [0.2, 0.25) is 0 Å². The Labute approximate surface area is 182 Å². The van der Waals surface area contributed by atoms with Gasteiger partial charge in [0, 0.05) is 13.1 Å². The Morgan fingerprint density at radius 3 is 2.55 bits per heavy atom. The Bertz CT molecular complexity index is 1030. The molecule has 0 aliphatic carbocycles. The molecule has 2 aromatic carbocycles. The summed E-state index contributed by atoms with van der Waals surface area (Å²) in [5.41, 5.74) is 2.73. The summed E-state index contributed by atoms with van der Waals surface area (Å²) in [5.74, 6) is 0.674. The number of nitrogens with one attached hydrogen (secondary N) is 1. The standard InChI is InChI=1S/C24H29FN4O2/c1-17(2)24(18-7-9-19(25)10-8-18)27-23(30)16-29-21-6-4-3-5-20(21)26-22(29)15-28-11-13-31-14-12-28/h3-10,17,24H,11-16H2,1-2H3,(H,27,30)/t24-/m1/s1. The number of imidazole rings is 1. The maximum Gasteiger partial charge on any atom is 0.240 e. The minimum absolute atomic E-state index is 0.0885. The molecule has 0 unspecified atom stereocenters. The summed E-state index contributed by atoms with van der Waals surface area (Å²) in [6, 6.07) is 14.0. The number of aromatic nitrogens is 2. The highest BCUT2D eigenvalue weighted by molar-refractivity contribution is 5.81. The molecule has 31 heavy (non-hydrogen) atoms. The summed E-state index contributed by atoms with van der Waals surface area (Å²) in [6.45, 7) is 8.10. The zero-order valence-electron chi connectivity index (χ0n) is 18.1. The normalized spacial score (nSPS) is 16.0. The van der Waals surface area contributed by atoms with Gasteiger partial charge in [-0.3, -0.25) is 9.69 Å². The van der Waals surface area contributed by atoms with Gasteiger partial charge in [-0.05, 0) is 35.7 Å². The van der Waals surface area contributed by atoms with Crippen molar-refractivity contribution < 1.29 is 13.9 Å². The Morgan fingerprint density at radius 1 is 1.13 bits per heavy atom. The van der Waals surface area contributed by atoms with Gasteiger partial charge in [-0.15, -0.1) is 0 Å². The van der Waals surface area contributed by atoms with Crippen LogP contribution in [-0.4, -0.2) is 46.7 Å². The molecule has 1 amide bonds. The number of benzene rings is 2. The van der Waals surface area contributed by atoms with E-state index in [0.29, 0.717) is 19.8 Å². The second-order valence-electron chi connectivity index (χ2n) is 8.33. The minimum atomic E-state index is -0.282. The summed E-state index contributed by atoms with van der Waals surface area (Å²) in [5, 5.41) is 3.14. The van der Waals surface area contributed by atoms with E-state index in [9.17, 15) is 9.18 Å². The van der Waals surface area contributed by atoms with Gasteiger partial charge in [0.1, 0.15) is 18.2 Å². The van der Waals surface area contributed by atoms with Crippen molar-refractivity contribution in [3.63, 3.8) is 0 Å². The van der Waals surface area contributed by atoms with Gasteiger partial charge in [0.2, 0.25) is 5.91 Å². The number of amides is 1. The predicted molar refractivity (Wildman–Crippen MR) is 118 cm³/mol. The lowest BCUT2D eigenvalue weighted by Crippen LogP contribution is -2.37. The topological polar surface area (TPSA) is 59.4 Å². The van der Waals surface area contributed by atoms with E-state index in [4.69, 9.17) is 9.72 Å². The van der Waals surface area contributed by atoms with Crippen LogP contribution in [0.4, 0.5) is 4.39 Å². The molecule has 1 aromatic heterocycles. The molecule has 4 rings (SSSR count). The summed E-state index contributed by atoms with van der Waals surface area (Å²) in [6.07, 6.45) is 0. The summed E-state index contributed by atoms with van der Waals surface area (Å²) in [4.78, 5) is 20.2. The number of fused-ring (bicyclic) bond motifs is 1. The summed E-state index contributed by atoms with van der Waals surface area (Å²) in [7, 11) is 0. The smallest absolute Gasteiger partial charge is 0.240 e. The predicted octanol–water partition coefficient (Wildman–Crippen LogP) is 3.52. The molecule has 1 N–H and O–H groups in total. The molecule has 1 aliphatic heterocycles. The fourth-order valence-corrected chi connectivity index (χ4v) is 4.05. The second-order valence-corrected chi connectivity index (χ2v) is 8.33. The second kappa shape index (κ2) is 9.58. The van der Waals surface area contributed by atoms with Crippen molar-refractivity contribution in [2.45, 2.75) is 33.0 Å². The largest absolute Gasteiger partial charge is 0.379 e. The number of rotatable bonds is 7. The summed E-state index contributed by atoms with van der Waals surface area (Å²) < 4.78 is 20.8. The number of ether oxygens (including phenoxy) is 1. The lowest BCUT2D eigenvalue weighted by molar-refractivity contribution is -0.122. The zero-order chi connectivity index (χ0) is 21.8. The molecule has 3 aromatic rings. The minimum Gasteiger partial charge on any atom is -0.379 e. The number of carbonyl (C=O) groups is 1. The van der Waals surface area contributed by atoms with Gasteiger partial charge in [-0.2, -0.15) is 0 Å². The van der Waals surface area contributed by atoms with E-state index in [0.717, 1.165) is 35.5 Å². The molecule has 1 aliphatic rings. The van der Waals surface area contributed by atoms with Crippen LogP contribution in [0.5, 0.6) is 0 Å². The van der Waals surface area contributed by atoms with Crippen LogP contribution in [0.3, 0.4) is 0 Å². The molecule has 2 heterocycles. The van der Waals surface area contributed by atoms with Crippen molar-refractivity contribution in [1.82, 2.24) is 19.8 Å².